The SMILES string of the molecule is Fc1cccc(OCCNc2ncnc3ccc(F)cc23)c1. The Morgan fingerprint density at radius 3 is 2.73 bits per heavy atom. The van der Waals surface area contributed by atoms with Crippen LogP contribution in [-0.2, 0) is 0 Å². The third kappa shape index (κ3) is 3.28. The summed E-state index contributed by atoms with van der Waals surface area (Å²) in [6, 6.07) is 10.3. The lowest BCUT2D eigenvalue weighted by Gasteiger charge is -2.09. The summed E-state index contributed by atoms with van der Waals surface area (Å²) in [6.45, 7) is 0.767. The molecule has 0 fully saturated rings. The Morgan fingerprint density at radius 1 is 1.00 bits per heavy atom. The van der Waals surface area contributed by atoms with Gasteiger partial charge >= 0.3 is 0 Å². The smallest absolute Gasteiger partial charge is 0.137 e. The van der Waals surface area contributed by atoms with Crippen molar-refractivity contribution in [2.24, 2.45) is 0 Å². The first-order valence-electron chi connectivity index (χ1n) is 6.75. The lowest BCUT2D eigenvalue weighted by molar-refractivity contribution is 0.331. The second-order valence-corrected chi connectivity index (χ2v) is 4.62. The molecule has 2 aromatic carbocycles. The normalized spacial score (nSPS) is 10.6. The third-order valence-corrected chi connectivity index (χ3v) is 3.06. The number of hydrogen-bond donors (Lipinski definition) is 1. The predicted octanol–water partition coefficient (Wildman–Crippen LogP) is 3.40. The molecule has 0 bridgehead atoms. The van der Waals surface area contributed by atoms with Gasteiger partial charge in [-0.15, -0.1) is 0 Å². The maximum absolute atomic E-state index is 13.3. The van der Waals surface area contributed by atoms with Crippen LogP contribution >= 0.6 is 0 Å². The molecular formula is C16H13F2N3O. The molecule has 0 saturated heterocycles. The van der Waals surface area contributed by atoms with Gasteiger partial charge in [0.05, 0.1) is 12.1 Å². The molecule has 0 aliphatic rings. The summed E-state index contributed by atoms with van der Waals surface area (Å²) in [5.74, 6) is 0.303. The van der Waals surface area contributed by atoms with Gasteiger partial charge in [0.1, 0.15) is 36.1 Å². The van der Waals surface area contributed by atoms with Gasteiger partial charge in [0, 0.05) is 11.5 Å². The number of nitrogens with one attached hydrogen (secondary N) is 1. The van der Waals surface area contributed by atoms with Crippen molar-refractivity contribution in [3.63, 3.8) is 0 Å². The number of benzene rings is 2. The zero-order chi connectivity index (χ0) is 15.4. The monoisotopic (exact) mass is 301 g/mol. The fraction of sp³-hybridized carbons (Fsp3) is 0.125. The fourth-order valence-electron chi connectivity index (χ4n) is 2.06. The van der Waals surface area contributed by atoms with Crippen LogP contribution in [0.25, 0.3) is 10.9 Å². The van der Waals surface area contributed by atoms with Gasteiger partial charge in [-0.3, -0.25) is 0 Å². The van der Waals surface area contributed by atoms with Crippen molar-refractivity contribution in [1.29, 1.82) is 0 Å². The van der Waals surface area contributed by atoms with Crippen LogP contribution in [0.4, 0.5) is 14.6 Å². The molecule has 3 aromatic rings. The van der Waals surface area contributed by atoms with Gasteiger partial charge in [-0.1, -0.05) is 6.07 Å². The van der Waals surface area contributed by atoms with E-state index in [-0.39, 0.29) is 11.6 Å². The maximum atomic E-state index is 13.3. The molecule has 0 atom stereocenters. The summed E-state index contributed by atoms with van der Waals surface area (Å²) in [5, 5.41) is 3.67. The molecule has 1 aromatic heterocycles. The van der Waals surface area contributed by atoms with Crippen molar-refractivity contribution in [1.82, 2.24) is 9.97 Å². The van der Waals surface area contributed by atoms with E-state index < -0.39 is 0 Å². The topological polar surface area (TPSA) is 47.0 Å². The Balaban J connectivity index is 1.63. The molecule has 0 unspecified atom stereocenters. The van der Waals surface area contributed by atoms with Crippen molar-refractivity contribution in [2.75, 3.05) is 18.5 Å². The van der Waals surface area contributed by atoms with Crippen LogP contribution in [0.5, 0.6) is 5.75 Å². The lowest BCUT2D eigenvalue weighted by atomic mass is 10.2. The first-order valence-corrected chi connectivity index (χ1v) is 6.75. The number of ether oxygens (including phenoxy) is 1. The van der Waals surface area contributed by atoms with E-state index in [1.54, 1.807) is 18.2 Å². The van der Waals surface area contributed by atoms with Gasteiger partial charge in [0.15, 0.2) is 0 Å². The Bertz CT molecular complexity index is 795. The van der Waals surface area contributed by atoms with Crippen LogP contribution in [0.15, 0.2) is 48.8 Å². The minimum absolute atomic E-state index is 0.324. The third-order valence-electron chi connectivity index (χ3n) is 3.06. The highest BCUT2D eigenvalue weighted by atomic mass is 19.1. The van der Waals surface area contributed by atoms with Gasteiger partial charge < -0.3 is 10.1 Å². The van der Waals surface area contributed by atoms with Crippen LogP contribution in [0, 0.1) is 11.6 Å². The summed E-state index contributed by atoms with van der Waals surface area (Å²) in [4.78, 5) is 8.18. The number of halogens is 2. The van der Waals surface area contributed by atoms with Gasteiger partial charge in [-0.2, -0.15) is 0 Å². The standard InChI is InChI=1S/C16H13F2N3O/c17-11-2-1-3-13(8-11)22-7-6-19-16-14-9-12(18)4-5-15(14)20-10-21-16/h1-5,8-10H,6-7H2,(H,19,20,21). The van der Waals surface area contributed by atoms with Crippen LogP contribution in [0.1, 0.15) is 0 Å². The highest BCUT2D eigenvalue weighted by molar-refractivity contribution is 5.88. The van der Waals surface area contributed by atoms with Crippen molar-refractivity contribution >= 4 is 16.7 Å². The molecule has 0 saturated carbocycles. The molecule has 1 heterocycles. The average Bonchev–Trinajstić information content (AvgIpc) is 2.52. The highest BCUT2D eigenvalue weighted by Crippen LogP contribution is 2.19. The highest BCUT2D eigenvalue weighted by Gasteiger charge is 2.04. The number of aromatic nitrogens is 2. The Kier molecular flexibility index (Phi) is 4.09. The molecule has 0 amide bonds. The first-order chi connectivity index (χ1) is 10.7. The number of fused-ring (bicyclic) bond motifs is 1. The summed E-state index contributed by atoms with van der Waals surface area (Å²) in [6.07, 6.45) is 1.41. The molecule has 112 valence electrons. The van der Waals surface area contributed by atoms with Crippen LogP contribution in [-0.4, -0.2) is 23.1 Å². The fourth-order valence-corrected chi connectivity index (χ4v) is 2.06. The first kappa shape index (κ1) is 14.2. The molecular weight excluding hydrogens is 288 g/mol. The minimum Gasteiger partial charge on any atom is -0.492 e. The van der Waals surface area contributed by atoms with E-state index in [2.05, 4.69) is 15.3 Å². The van der Waals surface area contributed by atoms with E-state index in [1.165, 1.54) is 30.6 Å². The summed E-state index contributed by atoms with van der Waals surface area (Å²) in [5.41, 5.74) is 0.657. The van der Waals surface area contributed by atoms with Crippen LogP contribution in [0.2, 0.25) is 0 Å². The number of rotatable bonds is 5. The molecule has 3 rings (SSSR count). The van der Waals surface area contributed by atoms with Crippen molar-refractivity contribution in [3.8, 4) is 5.75 Å². The molecule has 0 radical (unpaired) electrons. The lowest BCUT2D eigenvalue weighted by Crippen LogP contribution is -2.12. The van der Waals surface area contributed by atoms with Gasteiger partial charge in [-0.25, -0.2) is 18.7 Å². The van der Waals surface area contributed by atoms with Crippen molar-refractivity contribution < 1.29 is 13.5 Å². The zero-order valence-electron chi connectivity index (χ0n) is 11.6. The Hall–Kier alpha value is -2.76. The maximum Gasteiger partial charge on any atom is 0.137 e. The molecule has 22 heavy (non-hydrogen) atoms. The van der Waals surface area contributed by atoms with E-state index >= 15 is 0 Å². The van der Waals surface area contributed by atoms with E-state index in [4.69, 9.17) is 4.74 Å². The van der Waals surface area contributed by atoms with Crippen LogP contribution < -0.4 is 10.1 Å². The van der Waals surface area contributed by atoms with Gasteiger partial charge in [-0.05, 0) is 30.3 Å². The molecule has 4 nitrogen and oxygen atoms in total. The van der Waals surface area contributed by atoms with Crippen molar-refractivity contribution in [2.45, 2.75) is 0 Å². The molecule has 6 heteroatoms. The Labute approximate surface area is 125 Å². The quantitative estimate of drug-likeness (QED) is 0.734. The number of hydrogen-bond acceptors (Lipinski definition) is 4. The summed E-state index contributed by atoms with van der Waals surface area (Å²) >= 11 is 0. The summed E-state index contributed by atoms with van der Waals surface area (Å²) in [7, 11) is 0. The molecule has 1 N–H and O–H groups in total. The predicted molar refractivity (Wildman–Crippen MR) is 79.9 cm³/mol. The van der Waals surface area contributed by atoms with E-state index in [9.17, 15) is 8.78 Å². The van der Waals surface area contributed by atoms with Gasteiger partial charge in [0.25, 0.3) is 0 Å². The second kappa shape index (κ2) is 6.34. The molecule has 0 aliphatic heterocycles. The van der Waals surface area contributed by atoms with E-state index in [0.717, 1.165) is 0 Å². The number of nitrogens with zero attached hydrogens (tertiary/aromatic N) is 2. The minimum atomic E-state index is -0.346. The van der Waals surface area contributed by atoms with Crippen LogP contribution in [0.3, 0.4) is 0 Å². The molecule has 0 aliphatic carbocycles. The van der Waals surface area contributed by atoms with E-state index in [0.29, 0.717) is 35.6 Å². The Morgan fingerprint density at radius 2 is 1.86 bits per heavy atom. The van der Waals surface area contributed by atoms with Gasteiger partial charge in [0.2, 0.25) is 0 Å². The van der Waals surface area contributed by atoms with E-state index in [1.807, 2.05) is 0 Å². The number of anilines is 1. The largest absolute Gasteiger partial charge is 0.492 e. The van der Waals surface area contributed by atoms with Crippen molar-refractivity contribution in [3.05, 3.63) is 60.4 Å². The second-order valence-electron chi connectivity index (χ2n) is 4.62. The summed E-state index contributed by atoms with van der Waals surface area (Å²) < 4.78 is 31.8. The zero-order valence-corrected chi connectivity index (χ0v) is 11.6. The average molecular weight is 301 g/mol. The molecule has 0 spiro atoms.